The molecule has 11 rings (SSSR count). The topological polar surface area (TPSA) is 8.17 Å². The first-order valence-electron chi connectivity index (χ1n) is 20.6. The van der Waals surface area contributed by atoms with Gasteiger partial charge in [-0.05, 0) is 110 Å². The van der Waals surface area contributed by atoms with Crippen molar-refractivity contribution >= 4 is 49.6 Å². The van der Waals surface area contributed by atoms with E-state index in [0.717, 1.165) is 22.7 Å². The Hall–Kier alpha value is -7.94. The van der Waals surface area contributed by atoms with E-state index in [2.05, 4.69) is 252 Å². The fourth-order valence-electron chi connectivity index (χ4n) is 8.94. The van der Waals surface area contributed by atoms with Gasteiger partial charge in [-0.25, -0.2) is 0 Å². The van der Waals surface area contributed by atoms with Gasteiger partial charge in [0.2, 0.25) is 0 Å². The van der Waals surface area contributed by atoms with Gasteiger partial charge in [0.15, 0.2) is 0 Å². The van der Waals surface area contributed by atoms with Crippen LogP contribution in [-0.2, 0) is 0 Å². The summed E-state index contributed by atoms with van der Waals surface area (Å²) >= 11 is 0. The highest BCUT2D eigenvalue weighted by Crippen LogP contribution is 2.43. The molecule has 0 spiro atoms. The van der Waals surface area contributed by atoms with Crippen molar-refractivity contribution in [1.82, 2.24) is 4.57 Å². The number of benzene rings is 10. The molecule has 0 aliphatic carbocycles. The number of rotatable bonds is 8. The zero-order valence-corrected chi connectivity index (χ0v) is 33.0. The first kappa shape index (κ1) is 35.2. The minimum Gasteiger partial charge on any atom is -0.310 e. The number of fused-ring (bicyclic) bond motifs is 5. The molecule has 0 radical (unpaired) electrons. The Balaban J connectivity index is 1.08. The van der Waals surface area contributed by atoms with Crippen LogP contribution in [0.2, 0.25) is 0 Å². The molecule has 0 bridgehead atoms. The lowest BCUT2D eigenvalue weighted by molar-refractivity contribution is 1.17. The largest absolute Gasteiger partial charge is 0.310 e. The molecular weight excluding hydrogens is 725 g/mol. The summed E-state index contributed by atoms with van der Waals surface area (Å²) in [6, 6.07) is 87.8. The maximum atomic E-state index is 2.44. The van der Waals surface area contributed by atoms with E-state index < -0.39 is 0 Å². The van der Waals surface area contributed by atoms with Crippen molar-refractivity contribution in [3.63, 3.8) is 0 Å². The average molecular weight is 765 g/mol. The highest BCUT2D eigenvalue weighted by atomic mass is 15.1. The van der Waals surface area contributed by atoms with Crippen LogP contribution in [0.15, 0.2) is 243 Å². The predicted octanol–water partition coefficient (Wildman–Crippen LogP) is 16.1. The second-order valence-corrected chi connectivity index (χ2v) is 15.3. The number of nitrogens with zero attached hydrogens (tertiary/aromatic N) is 2. The van der Waals surface area contributed by atoms with E-state index in [1.165, 1.54) is 77.1 Å². The second-order valence-electron chi connectivity index (χ2n) is 15.3. The van der Waals surface area contributed by atoms with Crippen LogP contribution < -0.4 is 4.90 Å². The summed E-state index contributed by atoms with van der Waals surface area (Å²) in [6.07, 6.45) is 0. The summed E-state index contributed by atoms with van der Waals surface area (Å²) in [5, 5.41) is 5.00. The number of para-hydroxylation sites is 1. The van der Waals surface area contributed by atoms with Crippen molar-refractivity contribution in [2.75, 3.05) is 4.90 Å². The van der Waals surface area contributed by atoms with Crippen molar-refractivity contribution in [3.8, 4) is 50.2 Å². The molecular formula is C58H40N2. The lowest BCUT2D eigenvalue weighted by atomic mass is 9.93. The van der Waals surface area contributed by atoms with E-state index in [4.69, 9.17) is 0 Å². The molecule has 0 saturated heterocycles. The quantitative estimate of drug-likeness (QED) is 0.150. The fraction of sp³-hybridized carbons (Fsp3) is 0. The third kappa shape index (κ3) is 6.32. The molecule has 0 N–H and O–H groups in total. The number of anilines is 3. The zero-order chi connectivity index (χ0) is 39.8. The minimum absolute atomic E-state index is 1.08. The van der Waals surface area contributed by atoms with E-state index in [1.807, 2.05) is 0 Å². The molecule has 0 unspecified atom stereocenters. The van der Waals surface area contributed by atoms with Crippen molar-refractivity contribution in [1.29, 1.82) is 0 Å². The molecule has 282 valence electrons. The molecule has 0 saturated carbocycles. The van der Waals surface area contributed by atoms with Gasteiger partial charge in [-0.3, -0.25) is 0 Å². The van der Waals surface area contributed by atoms with Crippen LogP contribution in [0, 0.1) is 0 Å². The molecule has 1 heterocycles. The standard InChI is InChI=1S/C58H40N2/c1-4-15-41(16-5-1)44-29-31-46(32-30-44)53-27-13-21-47-35-38-56-58(57(47)53)54-26-10-11-28-55(54)60(56)52-25-14-24-51(40-52)59(49-36-33-45(34-37-49)42-17-6-2-7-18-42)50-23-12-22-48(39-50)43-19-8-3-9-20-43/h1-40H. The van der Waals surface area contributed by atoms with Gasteiger partial charge in [-0.15, -0.1) is 0 Å². The fourth-order valence-corrected chi connectivity index (χ4v) is 8.94. The lowest BCUT2D eigenvalue weighted by Gasteiger charge is -2.27. The Labute approximate surface area is 350 Å². The van der Waals surface area contributed by atoms with E-state index >= 15 is 0 Å². The molecule has 10 aromatic carbocycles. The molecule has 0 aliphatic heterocycles. The molecule has 11 aromatic rings. The highest BCUT2D eigenvalue weighted by molar-refractivity contribution is 6.25. The van der Waals surface area contributed by atoms with Crippen LogP contribution >= 0.6 is 0 Å². The monoisotopic (exact) mass is 764 g/mol. The Kier molecular flexibility index (Phi) is 8.87. The molecule has 0 amide bonds. The maximum absolute atomic E-state index is 2.44. The average Bonchev–Trinajstić information content (AvgIpc) is 3.67. The van der Waals surface area contributed by atoms with Gasteiger partial charge in [0.1, 0.15) is 0 Å². The summed E-state index contributed by atoms with van der Waals surface area (Å²) in [5.41, 5.74) is 16.4. The first-order chi connectivity index (χ1) is 29.8. The molecule has 2 nitrogen and oxygen atoms in total. The molecule has 0 atom stereocenters. The predicted molar refractivity (Wildman–Crippen MR) is 255 cm³/mol. The number of hydrogen-bond donors (Lipinski definition) is 0. The smallest absolute Gasteiger partial charge is 0.0547 e. The second kappa shape index (κ2) is 15.1. The van der Waals surface area contributed by atoms with Crippen molar-refractivity contribution in [2.24, 2.45) is 0 Å². The van der Waals surface area contributed by atoms with Crippen molar-refractivity contribution in [2.45, 2.75) is 0 Å². The molecule has 0 aliphatic rings. The zero-order valence-electron chi connectivity index (χ0n) is 33.0. The molecule has 1 aromatic heterocycles. The van der Waals surface area contributed by atoms with Gasteiger partial charge in [0.25, 0.3) is 0 Å². The Morgan fingerprint density at radius 2 is 0.800 bits per heavy atom. The first-order valence-corrected chi connectivity index (χ1v) is 20.6. The van der Waals surface area contributed by atoms with Crippen LogP contribution in [0.3, 0.4) is 0 Å². The number of hydrogen-bond acceptors (Lipinski definition) is 1. The van der Waals surface area contributed by atoms with Gasteiger partial charge < -0.3 is 9.47 Å². The molecule has 0 fully saturated rings. The highest BCUT2D eigenvalue weighted by Gasteiger charge is 2.20. The third-order valence-electron chi connectivity index (χ3n) is 11.8. The SMILES string of the molecule is c1ccc(-c2ccc(-c3cccc4ccc5c(c6ccccc6n5-c5cccc(N(c6ccc(-c7ccccc7)cc6)c6cccc(-c7ccccc7)c6)c5)c34)cc2)cc1. The summed E-state index contributed by atoms with van der Waals surface area (Å²) < 4.78 is 2.44. The van der Waals surface area contributed by atoms with Gasteiger partial charge >= 0.3 is 0 Å². The normalized spacial score (nSPS) is 11.3. The van der Waals surface area contributed by atoms with Gasteiger partial charge in [-0.1, -0.05) is 188 Å². The van der Waals surface area contributed by atoms with Gasteiger partial charge in [-0.2, -0.15) is 0 Å². The van der Waals surface area contributed by atoms with E-state index in [0.29, 0.717) is 0 Å². The van der Waals surface area contributed by atoms with E-state index in [1.54, 1.807) is 0 Å². The van der Waals surface area contributed by atoms with Gasteiger partial charge in [0, 0.05) is 33.5 Å². The number of aromatic nitrogens is 1. The minimum atomic E-state index is 1.08. The summed E-state index contributed by atoms with van der Waals surface area (Å²) in [6.45, 7) is 0. The van der Waals surface area contributed by atoms with E-state index in [9.17, 15) is 0 Å². The Bertz CT molecular complexity index is 3270. The Morgan fingerprint density at radius 3 is 1.48 bits per heavy atom. The van der Waals surface area contributed by atoms with Crippen molar-refractivity contribution in [3.05, 3.63) is 243 Å². The summed E-state index contributed by atoms with van der Waals surface area (Å²) in [7, 11) is 0. The van der Waals surface area contributed by atoms with E-state index in [-0.39, 0.29) is 0 Å². The van der Waals surface area contributed by atoms with Crippen LogP contribution in [0.5, 0.6) is 0 Å². The lowest BCUT2D eigenvalue weighted by Crippen LogP contribution is -2.10. The third-order valence-corrected chi connectivity index (χ3v) is 11.8. The Morgan fingerprint density at radius 1 is 0.283 bits per heavy atom. The molecule has 60 heavy (non-hydrogen) atoms. The van der Waals surface area contributed by atoms with Crippen LogP contribution in [0.1, 0.15) is 0 Å². The van der Waals surface area contributed by atoms with Crippen molar-refractivity contribution < 1.29 is 0 Å². The maximum Gasteiger partial charge on any atom is 0.0547 e. The summed E-state index contributed by atoms with van der Waals surface area (Å²) in [5.74, 6) is 0. The van der Waals surface area contributed by atoms with Gasteiger partial charge in [0.05, 0.1) is 11.0 Å². The van der Waals surface area contributed by atoms with Crippen LogP contribution in [0.25, 0.3) is 82.8 Å². The van der Waals surface area contributed by atoms with Crippen LogP contribution in [0.4, 0.5) is 17.1 Å². The van der Waals surface area contributed by atoms with Crippen LogP contribution in [-0.4, -0.2) is 4.57 Å². The summed E-state index contributed by atoms with van der Waals surface area (Å²) in [4.78, 5) is 2.38. The molecule has 2 heteroatoms.